The lowest BCUT2D eigenvalue weighted by Gasteiger charge is -2.06. The normalized spacial score (nSPS) is 11.2. The Hall–Kier alpha value is -1.75. The second-order valence-electron chi connectivity index (χ2n) is 3.56. The summed E-state index contributed by atoms with van der Waals surface area (Å²) in [5.74, 6) is 0.0200. The van der Waals surface area contributed by atoms with E-state index in [2.05, 4.69) is 20.8 Å². The topological polar surface area (TPSA) is 62.7 Å². The molecule has 6 heteroatoms. The molecule has 1 rings (SSSR count). The van der Waals surface area contributed by atoms with E-state index in [1.54, 1.807) is 12.1 Å². The van der Waals surface area contributed by atoms with E-state index in [0.717, 1.165) is 5.69 Å². The number of nitrogens with one attached hydrogen (secondary N) is 2. The van der Waals surface area contributed by atoms with Crippen molar-refractivity contribution in [3.63, 3.8) is 0 Å². The first-order chi connectivity index (χ1) is 8.09. The van der Waals surface area contributed by atoms with Crippen molar-refractivity contribution in [2.75, 3.05) is 5.43 Å². The van der Waals surface area contributed by atoms with Crippen LogP contribution in [0.2, 0.25) is 0 Å². The number of anilines is 1. The maximum Gasteiger partial charge on any atom is 0.452 e. The van der Waals surface area contributed by atoms with Crippen molar-refractivity contribution in [1.82, 2.24) is 5.43 Å². The number of benzene rings is 1. The highest BCUT2D eigenvalue weighted by molar-refractivity contribution is 6.65. The monoisotopic (exact) mass is 255 g/mol. The third kappa shape index (κ3) is 5.21. The second kappa shape index (κ2) is 6.75. The molecule has 0 heterocycles. The quantitative estimate of drug-likeness (QED) is 0.494. The van der Waals surface area contributed by atoms with Crippen molar-refractivity contribution in [2.45, 2.75) is 13.8 Å². The summed E-state index contributed by atoms with van der Waals surface area (Å²) in [6, 6.07) is 9.14. The molecule has 17 heavy (non-hydrogen) atoms. The van der Waals surface area contributed by atoms with E-state index >= 15 is 0 Å². The van der Waals surface area contributed by atoms with Crippen LogP contribution in [0.1, 0.15) is 13.8 Å². The SMILES string of the molecule is CC(C)/C(Cl)=N/OC(=O)NNc1ccccc1. The molecule has 0 aliphatic carbocycles. The molecule has 0 saturated heterocycles. The summed E-state index contributed by atoms with van der Waals surface area (Å²) in [5, 5.41) is 3.70. The summed E-state index contributed by atoms with van der Waals surface area (Å²) >= 11 is 5.70. The smallest absolute Gasteiger partial charge is 0.296 e. The van der Waals surface area contributed by atoms with Crippen LogP contribution in [-0.4, -0.2) is 11.3 Å². The second-order valence-corrected chi connectivity index (χ2v) is 3.95. The maximum atomic E-state index is 11.2. The average Bonchev–Trinajstić information content (AvgIpc) is 2.34. The summed E-state index contributed by atoms with van der Waals surface area (Å²) in [6.45, 7) is 3.69. The molecule has 0 aliphatic heterocycles. The Morgan fingerprint density at radius 2 is 2.00 bits per heavy atom. The van der Waals surface area contributed by atoms with Gasteiger partial charge in [0, 0.05) is 5.92 Å². The summed E-state index contributed by atoms with van der Waals surface area (Å²) < 4.78 is 0. The van der Waals surface area contributed by atoms with E-state index in [1.807, 2.05) is 32.0 Å². The van der Waals surface area contributed by atoms with Crippen molar-refractivity contribution >= 4 is 28.6 Å². The van der Waals surface area contributed by atoms with Gasteiger partial charge >= 0.3 is 6.09 Å². The number of carbonyl (C=O) groups excluding carboxylic acids is 1. The Balaban J connectivity index is 2.34. The van der Waals surface area contributed by atoms with Crippen molar-refractivity contribution in [3.05, 3.63) is 30.3 Å². The highest BCUT2D eigenvalue weighted by atomic mass is 35.5. The standard InChI is InChI=1S/C11H14ClN3O2/c1-8(2)10(12)15-17-11(16)14-13-9-6-4-3-5-7-9/h3-8,13H,1-2H3,(H,14,16)/b15-10-. The van der Waals surface area contributed by atoms with Gasteiger partial charge in [0.2, 0.25) is 0 Å². The van der Waals surface area contributed by atoms with Gasteiger partial charge < -0.3 is 0 Å². The van der Waals surface area contributed by atoms with Gasteiger partial charge in [-0.1, -0.05) is 48.8 Å². The van der Waals surface area contributed by atoms with Crippen LogP contribution in [0.5, 0.6) is 0 Å². The fourth-order valence-corrected chi connectivity index (χ4v) is 0.892. The van der Waals surface area contributed by atoms with E-state index in [9.17, 15) is 4.79 Å². The van der Waals surface area contributed by atoms with E-state index < -0.39 is 6.09 Å². The number of hydrogen-bond donors (Lipinski definition) is 2. The lowest BCUT2D eigenvalue weighted by Crippen LogP contribution is -2.29. The molecule has 92 valence electrons. The number of hydrazine groups is 1. The van der Waals surface area contributed by atoms with Gasteiger partial charge in [-0.3, -0.25) is 10.3 Å². The average molecular weight is 256 g/mol. The Morgan fingerprint density at radius 3 is 2.59 bits per heavy atom. The minimum atomic E-state index is -0.729. The van der Waals surface area contributed by atoms with E-state index in [0.29, 0.717) is 0 Å². The number of halogens is 1. The van der Waals surface area contributed by atoms with Gasteiger partial charge in [0.15, 0.2) is 0 Å². The Morgan fingerprint density at radius 1 is 1.35 bits per heavy atom. The molecule has 0 fully saturated rings. The molecule has 1 aromatic carbocycles. The van der Waals surface area contributed by atoms with Crippen molar-refractivity contribution < 1.29 is 9.63 Å². The predicted octanol–water partition coefficient (Wildman–Crippen LogP) is 2.95. The molecule has 1 amide bonds. The first-order valence-electron chi connectivity index (χ1n) is 5.11. The van der Waals surface area contributed by atoms with Gasteiger partial charge in [0.1, 0.15) is 5.17 Å². The molecule has 1 aromatic rings. The Kier molecular flexibility index (Phi) is 5.29. The van der Waals surface area contributed by atoms with Crippen LogP contribution in [0.15, 0.2) is 35.5 Å². The van der Waals surface area contributed by atoms with E-state index in [4.69, 9.17) is 11.6 Å². The highest BCUT2D eigenvalue weighted by Gasteiger charge is 2.04. The number of carbonyl (C=O) groups is 1. The third-order valence-electron chi connectivity index (χ3n) is 1.77. The summed E-state index contributed by atoms with van der Waals surface area (Å²) in [5.41, 5.74) is 5.72. The van der Waals surface area contributed by atoms with E-state index in [-0.39, 0.29) is 11.1 Å². The summed E-state index contributed by atoms with van der Waals surface area (Å²) in [7, 11) is 0. The van der Waals surface area contributed by atoms with Gasteiger partial charge in [-0.25, -0.2) is 10.2 Å². The number of nitrogens with zero attached hydrogens (tertiary/aromatic N) is 1. The minimum Gasteiger partial charge on any atom is -0.296 e. The maximum absolute atomic E-state index is 11.2. The number of amides is 1. The molecular formula is C11H14ClN3O2. The number of oxime groups is 1. The number of rotatable bonds is 4. The van der Waals surface area contributed by atoms with Crippen LogP contribution < -0.4 is 10.9 Å². The molecule has 0 atom stereocenters. The molecule has 0 aliphatic rings. The Bertz CT molecular complexity index is 393. The fourth-order valence-electron chi connectivity index (χ4n) is 0.858. The molecule has 5 nitrogen and oxygen atoms in total. The largest absolute Gasteiger partial charge is 0.452 e. The van der Waals surface area contributed by atoms with Crippen LogP contribution in [-0.2, 0) is 4.84 Å². The molecule has 0 bridgehead atoms. The highest BCUT2D eigenvalue weighted by Crippen LogP contribution is 2.03. The minimum absolute atomic E-state index is 0.0200. The van der Waals surface area contributed by atoms with Crippen molar-refractivity contribution in [1.29, 1.82) is 0 Å². The number of hydrogen-bond acceptors (Lipinski definition) is 4. The Labute approximate surface area is 105 Å². The van der Waals surface area contributed by atoms with Crippen molar-refractivity contribution in [2.24, 2.45) is 11.1 Å². The van der Waals surface area contributed by atoms with Gasteiger partial charge in [-0.2, -0.15) is 0 Å². The third-order valence-corrected chi connectivity index (χ3v) is 2.28. The van der Waals surface area contributed by atoms with Crippen LogP contribution in [0.3, 0.4) is 0 Å². The van der Waals surface area contributed by atoms with Gasteiger partial charge in [0.05, 0.1) is 5.69 Å². The zero-order chi connectivity index (χ0) is 12.7. The van der Waals surface area contributed by atoms with Gasteiger partial charge in [0.25, 0.3) is 0 Å². The molecule has 0 unspecified atom stereocenters. The summed E-state index contributed by atoms with van der Waals surface area (Å²) in [6.07, 6.45) is -0.729. The van der Waals surface area contributed by atoms with Gasteiger partial charge in [-0.15, -0.1) is 0 Å². The molecule has 0 aromatic heterocycles. The van der Waals surface area contributed by atoms with E-state index in [1.165, 1.54) is 0 Å². The first-order valence-corrected chi connectivity index (χ1v) is 5.49. The lowest BCUT2D eigenvalue weighted by molar-refractivity contribution is 0.153. The van der Waals surface area contributed by atoms with Crippen LogP contribution in [0.25, 0.3) is 0 Å². The lowest BCUT2D eigenvalue weighted by atomic mass is 10.2. The molecule has 0 saturated carbocycles. The number of para-hydroxylation sites is 1. The van der Waals surface area contributed by atoms with Gasteiger partial charge in [-0.05, 0) is 12.1 Å². The predicted molar refractivity (Wildman–Crippen MR) is 67.8 cm³/mol. The zero-order valence-corrected chi connectivity index (χ0v) is 10.4. The molecular weight excluding hydrogens is 242 g/mol. The van der Waals surface area contributed by atoms with Crippen LogP contribution >= 0.6 is 11.6 Å². The zero-order valence-electron chi connectivity index (χ0n) is 9.61. The molecule has 0 spiro atoms. The summed E-state index contributed by atoms with van der Waals surface area (Å²) in [4.78, 5) is 15.7. The van der Waals surface area contributed by atoms with Crippen LogP contribution in [0.4, 0.5) is 10.5 Å². The van der Waals surface area contributed by atoms with Crippen molar-refractivity contribution in [3.8, 4) is 0 Å². The molecule has 2 N–H and O–H groups in total. The van der Waals surface area contributed by atoms with Crippen LogP contribution in [0, 0.1) is 5.92 Å². The molecule has 0 radical (unpaired) electrons. The fraction of sp³-hybridized carbons (Fsp3) is 0.273. The first kappa shape index (κ1) is 13.3.